The molecule has 0 aliphatic heterocycles. The van der Waals surface area contributed by atoms with Crippen molar-refractivity contribution in [2.45, 2.75) is 161 Å². The molecule has 0 aromatic rings. The lowest BCUT2D eigenvalue weighted by atomic mass is 10.1. The molecule has 8 nitrogen and oxygen atoms in total. The minimum absolute atomic E-state index is 0.0140. The molecule has 0 aliphatic rings. The number of carbonyl (C=O) groups excluding carboxylic acids is 2. The quantitative estimate of drug-likeness (QED) is 0.0290. The zero-order valence-corrected chi connectivity index (χ0v) is 36.1. The number of carboxylic acids is 1. The number of rotatable bonds is 37. The normalized spacial score (nSPS) is 13.8. The van der Waals surface area contributed by atoms with Gasteiger partial charge in [-0.15, -0.1) is 0 Å². The SMILES string of the molecule is CC/C=C\C/C=C\C/C=C\C/C=C\C/C=C\CC(=O)OC(COCCC(C(=O)O)[N+](C)(C)C)COC(=O)CCCCCCCCC/C=C\C/C=C\CCCCC. The van der Waals surface area contributed by atoms with Gasteiger partial charge in [-0.25, -0.2) is 4.79 Å². The molecule has 8 heteroatoms. The fourth-order valence-corrected chi connectivity index (χ4v) is 5.72. The van der Waals surface area contributed by atoms with Crippen LogP contribution in [0, 0.1) is 0 Å². The van der Waals surface area contributed by atoms with Gasteiger partial charge in [0.05, 0.1) is 40.8 Å². The number of carboxylic acid groups (broad SMARTS) is 1. The summed E-state index contributed by atoms with van der Waals surface area (Å²) in [6, 6.07) is -0.635. The highest BCUT2D eigenvalue weighted by molar-refractivity contribution is 5.72. The lowest BCUT2D eigenvalue weighted by Crippen LogP contribution is -2.50. The first-order valence-electron chi connectivity index (χ1n) is 21.6. The number of aliphatic carboxylic acids is 1. The van der Waals surface area contributed by atoms with Crippen molar-refractivity contribution in [2.24, 2.45) is 0 Å². The number of unbranched alkanes of at least 4 members (excludes halogenated alkanes) is 10. The van der Waals surface area contributed by atoms with Crippen molar-refractivity contribution in [1.29, 1.82) is 0 Å². The molecular formula is C48H80NO7+. The first-order valence-corrected chi connectivity index (χ1v) is 21.6. The number of likely N-dealkylation sites (N-methyl/N-ethyl adjacent to an activating group) is 1. The molecule has 2 atom stereocenters. The molecule has 0 spiro atoms. The zero-order chi connectivity index (χ0) is 41.4. The van der Waals surface area contributed by atoms with E-state index in [1.165, 1.54) is 51.4 Å². The number of nitrogens with zero attached hydrogens (tertiary/aromatic N) is 1. The Morgan fingerprint density at radius 1 is 0.571 bits per heavy atom. The molecule has 0 saturated heterocycles. The van der Waals surface area contributed by atoms with E-state index < -0.39 is 24.1 Å². The maximum atomic E-state index is 12.6. The molecule has 2 unspecified atom stereocenters. The van der Waals surface area contributed by atoms with Crippen molar-refractivity contribution >= 4 is 17.9 Å². The van der Waals surface area contributed by atoms with E-state index in [2.05, 4.69) is 86.8 Å². The molecule has 0 heterocycles. The van der Waals surface area contributed by atoms with Gasteiger partial charge in [-0.3, -0.25) is 9.59 Å². The topological polar surface area (TPSA) is 99.1 Å². The van der Waals surface area contributed by atoms with Crippen LogP contribution in [0.3, 0.4) is 0 Å². The third kappa shape index (κ3) is 36.2. The van der Waals surface area contributed by atoms with Crippen molar-refractivity contribution in [3.05, 3.63) is 85.1 Å². The fourth-order valence-electron chi connectivity index (χ4n) is 5.72. The summed E-state index contributed by atoms with van der Waals surface area (Å²) in [5.41, 5.74) is 0. The summed E-state index contributed by atoms with van der Waals surface area (Å²) >= 11 is 0. The molecule has 0 rings (SSSR count). The largest absolute Gasteiger partial charge is 0.477 e. The Bertz CT molecular complexity index is 1190. The highest BCUT2D eigenvalue weighted by Gasteiger charge is 2.31. The van der Waals surface area contributed by atoms with E-state index in [-0.39, 0.29) is 36.7 Å². The van der Waals surface area contributed by atoms with Crippen LogP contribution >= 0.6 is 0 Å². The van der Waals surface area contributed by atoms with Crippen LogP contribution in [-0.2, 0) is 28.6 Å². The predicted octanol–water partition coefficient (Wildman–Crippen LogP) is 11.7. The Morgan fingerprint density at radius 2 is 1.05 bits per heavy atom. The van der Waals surface area contributed by atoms with Gasteiger partial charge in [0.2, 0.25) is 0 Å². The summed E-state index contributed by atoms with van der Waals surface area (Å²) < 4.78 is 17.1. The second kappa shape index (κ2) is 38.4. The third-order valence-corrected chi connectivity index (χ3v) is 9.06. The van der Waals surface area contributed by atoms with Gasteiger partial charge in [-0.1, -0.05) is 144 Å². The summed E-state index contributed by atoms with van der Waals surface area (Å²) in [5, 5.41) is 9.61. The van der Waals surface area contributed by atoms with Gasteiger partial charge in [0.15, 0.2) is 12.1 Å². The number of ether oxygens (including phenoxy) is 3. The van der Waals surface area contributed by atoms with Gasteiger partial charge < -0.3 is 23.8 Å². The standard InChI is InChI=1S/C48H79NO7/c1-6-8-10-12-14-16-18-20-22-23-25-26-28-30-32-34-36-38-46(50)55-43-44(42-54-41-40-45(48(52)53)49(3,4)5)56-47(51)39-37-35-33-31-29-27-24-21-19-17-15-13-11-9-7-2/h9,11,14-17,20-22,24,29,31,35,37,44-45H,6-8,10,12-13,18-19,23,25-28,30,32-34,36,38-43H2,1-5H3/p+1/b11-9-,16-14-,17-15-,22-20-,24-21-,31-29-,37-35-. The van der Waals surface area contributed by atoms with Crippen molar-refractivity contribution in [3.63, 3.8) is 0 Å². The Labute approximate surface area is 342 Å². The molecule has 0 aromatic carbocycles. The first kappa shape index (κ1) is 52.5. The van der Waals surface area contributed by atoms with E-state index in [1.807, 2.05) is 27.2 Å². The van der Waals surface area contributed by atoms with Gasteiger partial charge >= 0.3 is 17.9 Å². The molecular weight excluding hydrogens is 703 g/mol. The van der Waals surface area contributed by atoms with Crippen molar-refractivity contribution in [2.75, 3.05) is 41.0 Å². The van der Waals surface area contributed by atoms with E-state index in [0.717, 1.165) is 57.8 Å². The highest BCUT2D eigenvalue weighted by atomic mass is 16.6. The molecule has 0 fully saturated rings. The average molecular weight is 783 g/mol. The average Bonchev–Trinajstić information content (AvgIpc) is 3.15. The molecule has 318 valence electrons. The zero-order valence-electron chi connectivity index (χ0n) is 36.1. The number of allylic oxidation sites excluding steroid dienone is 13. The van der Waals surface area contributed by atoms with E-state index in [9.17, 15) is 19.5 Å². The van der Waals surface area contributed by atoms with E-state index in [1.54, 1.807) is 6.08 Å². The van der Waals surface area contributed by atoms with Crippen molar-refractivity contribution < 1.29 is 38.2 Å². The van der Waals surface area contributed by atoms with E-state index >= 15 is 0 Å². The van der Waals surface area contributed by atoms with Crippen LogP contribution in [0.5, 0.6) is 0 Å². The van der Waals surface area contributed by atoms with Crippen molar-refractivity contribution in [3.8, 4) is 0 Å². The Balaban J connectivity index is 4.50. The highest BCUT2D eigenvalue weighted by Crippen LogP contribution is 2.12. The van der Waals surface area contributed by atoms with E-state index in [0.29, 0.717) is 19.3 Å². The Kier molecular flexibility index (Phi) is 36.0. The van der Waals surface area contributed by atoms with Gasteiger partial charge in [-0.2, -0.15) is 0 Å². The summed E-state index contributed by atoms with van der Waals surface area (Å²) in [4.78, 5) is 36.9. The summed E-state index contributed by atoms with van der Waals surface area (Å²) in [7, 11) is 5.48. The number of esters is 2. The first-order chi connectivity index (χ1) is 27.1. The molecule has 0 bridgehead atoms. The molecule has 56 heavy (non-hydrogen) atoms. The molecule has 0 aliphatic carbocycles. The van der Waals surface area contributed by atoms with Crippen LogP contribution in [0.2, 0.25) is 0 Å². The van der Waals surface area contributed by atoms with Gasteiger partial charge in [0, 0.05) is 12.8 Å². The van der Waals surface area contributed by atoms with Crippen LogP contribution in [-0.4, -0.2) is 80.6 Å². The second-order valence-corrected chi connectivity index (χ2v) is 15.2. The summed E-state index contributed by atoms with van der Waals surface area (Å²) in [5.74, 6) is -1.65. The molecule has 0 aromatic heterocycles. The van der Waals surface area contributed by atoms with Gasteiger partial charge in [-0.05, 0) is 70.6 Å². The third-order valence-electron chi connectivity index (χ3n) is 9.06. The lowest BCUT2D eigenvalue weighted by Gasteiger charge is -2.31. The van der Waals surface area contributed by atoms with Crippen LogP contribution in [0.15, 0.2) is 85.1 Å². The second-order valence-electron chi connectivity index (χ2n) is 15.2. The summed E-state index contributed by atoms with van der Waals surface area (Å²) in [6.07, 6.45) is 49.4. The summed E-state index contributed by atoms with van der Waals surface area (Å²) in [6.45, 7) is 4.46. The van der Waals surface area contributed by atoms with Gasteiger partial charge in [0.1, 0.15) is 6.61 Å². The predicted molar refractivity (Wildman–Crippen MR) is 233 cm³/mol. The Hall–Kier alpha value is -3.49. The van der Waals surface area contributed by atoms with Crippen LogP contribution in [0.25, 0.3) is 0 Å². The van der Waals surface area contributed by atoms with Crippen LogP contribution in [0.1, 0.15) is 149 Å². The van der Waals surface area contributed by atoms with Gasteiger partial charge in [0.25, 0.3) is 0 Å². The number of quaternary nitrogens is 1. The minimum Gasteiger partial charge on any atom is -0.477 e. The van der Waals surface area contributed by atoms with Crippen molar-refractivity contribution in [1.82, 2.24) is 0 Å². The smallest absolute Gasteiger partial charge is 0.362 e. The fraction of sp³-hybridized carbons (Fsp3) is 0.646. The van der Waals surface area contributed by atoms with E-state index in [4.69, 9.17) is 14.2 Å². The molecule has 0 radical (unpaired) electrons. The monoisotopic (exact) mass is 783 g/mol. The molecule has 1 N–H and O–H groups in total. The van der Waals surface area contributed by atoms with Crippen LogP contribution in [0.4, 0.5) is 0 Å². The number of carbonyl (C=O) groups is 3. The molecule has 0 amide bonds. The minimum atomic E-state index is -0.894. The van der Waals surface area contributed by atoms with Crippen LogP contribution < -0.4 is 0 Å². The number of hydrogen-bond donors (Lipinski definition) is 1. The number of hydrogen-bond acceptors (Lipinski definition) is 6. The maximum Gasteiger partial charge on any atom is 0.362 e. The lowest BCUT2D eigenvalue weighted by molar-refractivity contribution is -0.887. The maximum absolute atomic E-state index is 12.6. The molecule has 0 saturated carbocycles. The Morgan fingerprint density at radius 3 is 1.57 bits per heavy atom.